The van der Waals surface area contributed by atoms with Gasteiger partial charge in [0.15, 0.2) is 0 Å². The molecule has 18 heavy (non-hydrogen) atoms. The molecule has 1 unspecified atom stereocenters. The predicted octanol–water partition coefficient (Wildman–Crippen LogP) is 3.02. The van der Waals surface area contributed by atoms with Gasteiger partial charge in [-0.05, 0) is 59.5 Å². The predicted molar refractivity (Wildman–Crippen MR) is 78.5 cm³/mol. The van der Waals surface area contributed by atoms with Crippen LogP contribution in [0.1, 0.15) is 53.9 Å². The van der Waals surface area contributed by atoms with Crippen molar-refractivity contribution in [1.29, 1.82) is 5.26 Å². The van der Waals surface area contributed by atoms with Gasteiger partial charge in [0.05, 0.1) is 6.07 Å². The van der Waals surface area contributed by atoms with E-state index >= 15 is 0 Å². The summed E-state index contributed by atoms with van der Waals surface area (Å²) in [6.45, 7) is 13.0. The molecule has 0 aromatic carbocycles. The van der Waals surface area contributed by atoms with E-state index in [1.54, 1.807) is 0 Å². The molecule has 0 heterocycles. The number of unbranched alkanes of at least 4 members (excludes halogenated alkanes) is 1. The summed E-state index contributed by atoms with van der Waals surface area (Å²) in [5.41, 5.74) is -0.370. The highest BCUT2D eigenvalue weighted by Crippen LogP contribution is 2.14. The van der Waals surface area contributed by atoms with E-state index in [-0.39, 0.29) is 5.54 Å². The van der Waals surface area contributed by atoms with E-state index in [0.717, 1.165) is 31.8 Å². The first-order valence-electron chi connectivity index (χ1n) is 7.16. The minimum atomic E-state index is -0.370. The van der Waals surface area contributed by atoms with E-state index in [9.17, 15) is 5.26 Å². The average Bonchev–Trinajstić information content (AvgIpc) is 2.22. The molecule has 1 N–H and O–H groups in total. The molecule has 0 aliphatic carbocycles. The number of rotatable bonds is 9. The zero-order chi connectivity index (χ0) is 14.2. The van der Waals surface area contributed by atoms with Crippen molar-refractivity contribution in [3.63, 3.8) is 0 Å². The van der Waals surface area contributed by atoms with Crippen molar-refractivity contribution in [3.05, 3.63) is 0 Å². The molecule has 0 aliphatic heterocycles. The van der Waals surface area contributed by atoms with Crippen LogP contribution in [0.2, 0.25) is 0 Å². The normalized spacial score (nSPS) is 15.1. The molecule has 3 nitrogen and oxygen atoms in total. The summed E-state index contributed by atoms with van der Waals surface area (Å²) in [6, 6.07) is 2.76. The van der Waals surface area contributed by atoms with Gasteiger partial charge in [0.2, 0.25) is 0 Å². The van der Waals surface area contributed by atoms with E-state index in [1.807, 2.05) is 6.92 Å². The molecule has 106 valence electrons. The molecule has 0 rings (SSSR count). The summed E-state index contributed by atoms with van der Waals surface area (Å²) in [6.07, 6.45) is 3.20. The third-order valence-corrected chi connectivity index (χ3v) is 3.00. The van der Waals surface area contributed by atoms with Crippen molar-refractivity contribution >= 4 is 0 Å². The third kappa shape index (κ3) is 8.49. The molecular formula is C15H31N3. The Morgan fingerprint density at radius 3 is 2.28 bits per heavy atom. The molecule has 0 aromatic rings. The molecule has 0 aliphatic rings. The monoisotopic (exact) mass is 253 g/mol. The Hall–Kier alpha value is -0.590. The Kier molecular flexibility index (Phi) is 8.22. The molecule has 0 spiro atoms. The first-order chi connectivity index (χ1) is 8.29. The second-order valence-corrected chi connectivity index (χ2v) is 6.36. The summed E-state index contributed by atoms with van der Waals surface area (Å²) < 4.78 is 0. The van der Waals surface area contributed by atoms with E-state index in [0.29, 0.717) is 6.04 Å². The maximum Gasteiger partial charge on any atom is 0.104 e. The molecule has 0 bridgehead atoms. The lowest BCUT2D eigenvalue weighted by Gasteiger charge is -2.26. The van der Waals surface area contributed by atoms with E-state index in [2.05, 4.69) is 51.0 Å². The van der Waals surface area contributed by atoms with Crippen molar-refractivity contribution in [2.24, 2.45) is 5.92 Å². The van der Waals surface area contributed by atoms with Gasteiger partial charge in [0.25, 0.3) is 0 Å². The SMILES string of the molecule is CC(C)CN(C)CCCCC(C)(C#N)NC(C)C. The fraction of sp³-hybridized carbons (Fsp3) is 0.933. The van der Waals surface area contributed by atoms with Gasteiger partial charge in [-0.1, -0.05) is 13.8 Å². The molecule has 0 saturated heterocycles. The average molecular weight is 253 g/mol. The fourth-order valence-electron chi connectivity index (χ4n) is 2.37. The van der Waals surface area contributed by atoms with Gasteiger partial charge in [-0.3, -0.25) is 5.32 Å². The smallest absolute Gasteiger partial charge is 0.104 e. The quantitative estimate of drug-likeness (QED) is 0.642. The highest BCUT2D eigenvalue weighted by atomic mass is 15.1. The van der Waals surface area contributed by atoms with Gasteiger partial charge >= 0.3 is 0 Å². The van der Waals surface area contributed by atoms with Crippen LogP contribution in [-0.4, -0.2) is 36.6 Å². The number of nitriles is 1. The minimum Gasteiger partial charge on any atom is -0.306 e. The van der Waals surface area contributed by atoms with Crippen LogP contribution in [0, 0.1) is 17.2 Å². The van der Waals surface area contributed by atoms with Crippen LogP contribution in [0.15, 0.2) is 0 Å². The van der Waals surface area contributed by atoms with Crippen LogP contribution in [0.5, 0.6) is 0 Å². The molecule has 3 heteroatoms. The third-order valence-electron chi connectivity index (χ3n) is 3.00. The van der Waals surface area contributed by atoms with Crippen LogP contribution >= 0.6 is 0 Å². The molecule has 0 fully saturated rings. The van der Waals surface area contributed by atoms with Crippen molar-refractivity contribution < 1.29 is 0 Å². The maximum atomic E-state index is 9.24. The zero-order valence-corrected chi connectivity index (χ0v) is 13.1. The second kappa shape index (κ2) is 8.50. The molecule has 0 saturated carbocycles. The number of hydrogen-bond donors (Lipinski definition) is 1. The summed E-state index contributed by atoms with van der Waals surface area (Å²) in [5, 5.41) is 12.6. The lowest BCUT2D eigenvalue weighted by atomic mass is 9.95. The van der Waals surface area contributed by atoms with Gasteiger partial charge in [-0.2, -0.15) is 5.26 Å². The molecular weight excluding hydrogens is 222 g/mol. The number of nitrogens with zero attached hydrogens (tertiary/aromatic N) is 2. The van der Waals surface area contributed by atoms with Crippen molar-refractivity contribution in [1.82, 2.24) is 10.2 Å². The summed E-state index contributed by atoms with van der Waals surface area (Å²) in [7, 11) is 2.18. The van der Waals surface area contributed by atoms with E-state index in [4.69, 9.17) is 0 Å². The van der Waals surface area contributed by atoms with Gasteiger partial charge in [0, 0.05) is 12.6 Å². The van der Waals surface area contributed by atoms with Gasteiger partial charge < -0.3 is 4.90 Å². The van der Waals surface area contributed by atoms with Crippen LogP contribution in [0.3, 0.4) is 0 Å². The Labute approximate surface area is 114 Å². The van der Waals surface area contributed by atoms with Gasteiger partial charge in [-0.15, -0.1) is 0 Å². The van der Waals surface area contributed by atoms with Crippen molar-refractivity contribution in [3.8, 4) is 6.07 Å². The van der Waals surface area contributed by atoms with Crippen LogP contribution in [0.25, 0.3) is 0 Å². The van der Waals surface area contributed by atoms with Crippen molar-refractivity contribution in [2.45, 2.75) is 65.5 Å². The lowest BCUT2D eigenvalue weighted by molar-refractivity contribution is 0.281. The van der Waals surface area contributed by atoms with E-state index in [1.165, 1.54) is 6.42 Å². The first kappa shape index (κ1) is 17.4. The zero-order valence-electron chi connectivity index (χ0n) is 13.1. The maximum absolute atomic E-state index is 9.24. The summed E-state index contributed by atoms with van der Waals surface area (Å²) >= 11 is 0. The minimum absolute atomic E-state index is 0.360. The van der Waals surface area contributed by atoms with Gasteiger partial charge in [0.1, 0.15) is 5.54 Å². The van der Waals surface area contributed by atoms with Crippen molar-refractivity contribution in [2.75, 3.05) is 20.1 Å². The van der Waals surface area contributed by atoms with Crippen LogP contribution in [0.4, 0.5) is 0 Å². The summed E-state index contributed by atoms with van der Waals surface area (Å²) in [5.74, 6) is 0.724. The Balaban J connectivity index is 3.85. The lowest BCUT2D eigenvalue weighted by Crippen LogP contribution is -2.44. The Morgan fingerprint density at radius 1 is 1.22 bits per heavy atom. The number of nitrogens with one attached hydrogen (secondary N) is 1. The largest absolute Gasteiger partial charge is 0.306 e. The molecule has 0 aromatic heterocycles. The molecule has 0 amide bonds. The van der Waals surface area contributed by atoms with Crippen LogP contribution < -0.4 is 5.32 Å². The van der Waals surface area contributed by atoms with Crippen LogP contribution in [-0.2, 0) is 0 Å². The first-order valence-corrected chi connectivity index (χ1v) is 7.16. The number of hydrogen-bond acceptors (Lipinski definition) is 3. The van der Waals surface area contributed by atoms with E-state index < -0.39 is 0 Å². The topological polar surface area (TPSA) is 39.1 Å². The Bertz CT molecular complexity index is 255. The van der Waals surface area contributed by atoms with Gasteiger partial charge in [-0.25, -0.2) is 0 Å². The standard InChI is InChI=1S/C15H31N3/c1-13(2)11-18(6)10-8-7-9-15(5,12-16)17-14(3)4/h13-14,17H,7-11H2,1-6H3. The Morgan fingerprint density at radius 2 is 1.83 bits per heavy atom. The fourth-order valence-corrected chi connectivity index (χ4v) is 2.37. The molecule has 1 atom stereocenters. The highest BCUT2D eigenvalue weighted by molar-refractivity contribution is 5.04. The highest BCUT2D eigenvalue weighted by Gasteiger charge is 2.23. The second-order valence-electron chi connectivity index (χ2n) is 6.36. The summed E-state index contributed by atoms with van der Waals surface area (Å²) in [4.78, 5) is 2.38. The molecule has 0 radical (unpaired) electrons.